The van der Waals surface area contributed by atoms with Gasteiger partial charge in [-0.1, -0.05) is 0 Å². The number of aliphatic hydroxyl groups is 2. The fourth-order valence-corrected chi connectivity index (χ4v) is 3.94. The molecule has 0 aromatic heterocycles. The molecule has 1 aromatic rings. The molecule has 0 unspecified atom stereocenters. The zero-order chi connectivity index (χ0) is 24.3. The van der Waals surface area contributed by atoms with Gasteiger partial charge in [0.05, 0.1) is 24.9 Å². The molecule has 0 aliphatic heterocycles. The van der Waals surface area contributed by atoms with Gasteiger partial charge in [-0.2, -0.15) is 13.2 Å². The first-order chi connectivity index (χ1) is 15.7. The van der Waals surface area contributed by atoms with Crippen LogP contribution in [-0.4, -0.2) is 84.8 Å². The van der Waals surface area contributed by atoms with Crippen molar-refractivity contribution in [3.8, 4) is 5.75 Å². The predicted molar refractivity (Wildman–Crippen MR) is 117 cm³/mol. The largest absolute Gasteiger partial charge is 0.416 e. The molecule has 0 bridgehead atoms. The van der Waals surface area contributed by atoms with Crippen LogP contribution >= 0.6 is 0 Å². The normalized spacial score (nSPS) is 19.0. The fourth-order valence-electron chi connectivity index (χ4n) is 3.94. The molecule has 1 saturated carbocycles. The number of aliphatic hydroxyl groups excluding tert-OH is 2. The number of benzene rings is 1. The summed E-state index contributed by atoms with van der Waals surface area (Å²) in [7, 11) is 1.64. The first-order valence-electron chi connectivity index (χ1n) is 11.4. The Morgan fingerprint density at radius 3 is 2.15 bits per heavy atom. The number of carbonyl (C=O) groups excluding carboxylic acids is 1. The van der Waals surface area contributed by atoms with Crippen LogP contribution < -0.4 is 4.74 Å². The zero-order valence-corrected chi connectivity index (χ0v) is 19.1. The van der Waals surface area contributed by atoms with Crippen LogP contribution in [0.5, 0.6) is 5.75 Å². The molecule has 10 heteroatoms. The maximum absolute atomic E-state index is 12.6. The lowest BCUT2D eigenvalue weighted by Gasteiger charge is -2.34. The molecular weight excluding hydrogens is 441 g/mol. The number of amides is 1. The van der Waals surface area contributed by atoms with Gasteiger partial charge < -0.3 is 24.6 Å². The third-order valence-electron chi connectivity index (χ3n) is 5.92. The van der Waals surface area contributed by atoms with Gasteiger partial charge in [0.25, 0.3) is 0 Å². The molecule has 0 heterocycles. The monoisotopic (exact) mass is 476 g/mol. The molecule has 0 radical (unpaired) electrons. The first-order valence-corrected chi connectivity index (χ1v) is 11.4. The van der Waals surface area contributed by atoms with Crippen LogP contribution in [0.25, 0.3) is 0 Å². The highest BCUT2D eigenvalue weighted by Crippen LogP contribution is 2.30. The summed E-state index contributed by atoms with van der Waals surface area (Å²) in [5, 5.41) is 18.0. The Morgan fingerprint density at radius 2 is 1.61 bits per heavy atom. The SMILES string of the molecule is CN(C(=O)Oc1ccc(C(F)(F)F)cc1)[C@H]1CC[C@H](OCCCCN(CCO)CCO)CC1. The van der Waals surface area contributed by atoms with Crippen LogP contribution in [0.15, 0.2) is 24.3 Å². The molecule has 188 valence electrons. The van der Waals surface area contributed by atoms with Crippen LogP contribution in [0.1, 0.15) is 44.1 Å². The van der Waals surface area contributed by atoms with Crippen LogP contribution in [0.3, 0.4) is 0 Å². The van der Waals surface area contributed by atoms with Crippen molar-refractivity contribution >= 4 is 6.09 Å². The average Bonchev–Trinajstić information content (AvgIpc) is 2.79. The van der Waals surface area contributed by atoms with Crippen LogP contribution in [0.2, 0.25) is 0 Å². The van der Waals surface area contributed by atoms with Crippen molar-refractivity contribution in [3.05, 3.63) is 29.8 Å². The minimum absolute atomic E-state index is 0.00248. The summed E-state index contributed by atoms with van der Waals surface area (Å²) in [6, 6.07) is 4.07. The molecule has 2 N–H and O–H groups in total. The highest BCUT2D eigenvalue weighted by molar-refractivity contribution is 5.70. The molecule has 1 aromatic carbocycles. The van der Waals surface area contributed by atoms with Crippen LogP contribution in [0.4, 0.5) is 18.0 Å². The number of nitrogens with zero attached hydrogens (tertiary/aromatic N) is 2. The van der Waals surface area contributed by atoms with Gasteiger partial charge in [-0.15, -0.1) is 0 Å². The minimum Gasteiger partial charge on any atom is -0.410 e. The Bertz CT molecular complexity index is 688. The molecule has 1 amide bonds. The van der Waals surface area contributed by atoms with Gasteiger partial charge in [-0.05, 0) is 69.3 Å². The van der Waals surface area contributed by atoms with Gasteiger partial charge >= 0.3 is 12.3 Å². The number of hydrogen-bond donors (Lipinski definition) is 2. The second-order valence-electron chi connectivity index (χ2n) is 8.30. The highest BCUT2D eigenvalue weighted by Gasteiger charge is 2.31. The Labute approximate surface area is 193 Å². The summed E-state index contributed by atoms with van der Waals surface area (Å²) in [6.07, 6.45) is 0.128. The Balaban J connectivity index is 1.65. The molecule has 33 heavy (non-hydrogen) atoms. The van der Waals surface area contributed by atoms with E-state index in [2.05, 4.69) is 0 Å². The summed E-state index contributed by atoms with van der Waals surface area (Å²) in [5.41, 5.74) is -0.790. The third-order valence-corrected chi connectivity index (χ3v) is 5.92. The van der Waals surface area contributed by atoms with Gasteiger partial charge in [-0.25, -0.2) is 4.79 Å². The molecule has 0 atom stereocenters. The number of halogens is 3. The van der Waals surface area contributed by atoms with Gasteiger partial charge in [0.1, 0.15) is 5.75 Å². The van der Waals surface area contributed by atoms with Crippen molar-refractivity contribution < 1.29 is 37.7 Å². The second kappa shape index (κ2) is 13.7. The van der Waals surface area contributed by atoms with Crippen molar-refractivity contribution in [1.29, 1.82) is 0 Å². The van der Waals surface area contributed by atoms with Crippen molar-refractivity contribution in [2.75, 3.05) is 46.5 Å². The summed E-state index contributed by atoms with van der Waals surface area (Å²) >= 11 is 0. The summed E-state index contributed by atoms with van der Waals surface area (Å²) in [5.74, 6) is 0.0772. The summed E-state index contributed by atoms with van der Waals surface area (Å²) in [6.45, 7) is 2.72. The van der Waals surface area contributed by atoms with Crippen molar-refractivity contribution in [1.82, 2.24) is 9.80 Å². The number of ether oxygens (including phenoxy) is 2. The van der Waals surface area contributed by atoms with E-state index in [1.807, 2.05) is 4.90 Å². The second-order valence-corrected chi connectivity index (χ2v) is 8.30. The Kier molecular flexibility index (Phi) is 11.4. The number of carbonyl (C=O) groups is 1. The molecule has 7 nitrogen and oxygen atoms in total. The fraction of sp³-hybridized carbons (Fsp3) is 0.696. The van der Waals surface area contributed by atoms with E-state index in [1.165, 1.54) is 4.90 Å². The lowest BCUT2D eigenvalue weighted by Crippen LogP contribution is -2.42. The number of rotatable bonds is 12. The van der Waals surface area contributed by atoms with Crippen LogP contribution in [-0.2, 0) is 10.9 Å². The molecular formula is C23H35F3N2O5. The first kappa shape index (κ1) is 27.4. The van der Waals surface area contributed by atoms with E-state index in [9.17, 15) is 18.0 Å². The smallest absolute Gasteiger partial charge is 0.410 e. The number of hydrogen-bond acceptors (Lipinski definition) is 6. The maximum atomic E-state index is 12.6. The van der Waals surface area contributed by atoms with E-state index in [-0.39, 0.29) is 31.1 Å². The van der Waals surface area contributed by atoms with Gasteiger partial charge in [0.2, 0.25) is 0 Å². The summed E-state index contributed by atoms with van der Waals surface area (Å²) < 4.78 is 49.1. The Hall–Kier alpha value is -1.88. The van der Waals surface area contributed by atoms with Gasteiger partial charge in [0.15, 0.2) is 0 Å². The van der Waals surface area contributed by atoms with Crippen molar-refractivity contribution in [3.63, 3.8) is 0 Å². The summed E-state index contributed by atoms with van der Waals surface area (Å²) in [4.78, 5) is 15.9. The number of alkyl halides is 3. The van der Waals surface area contributed by atoms with Gasteiger partial charge in [-0.3, -0.25) is 4.90 Å². The van der Waals surface area contributed by atoms with Gasteiger partial charge in [0, 0.05) is 32.8 Å². The lowest BCUT2D eigenvalue weighted by atomic mass is 9.92. The van der Waals surface area contributed by atoms with E-state index in [4.69, 9.17) is 19.7 Å². The third kappa shape index (κ3) is 9.48. The average molecular weight is 477 g/mol. The molecule has 1 aliphatic carbocycles. The molecule has 1 fully saturated rings. The molecule has 0 saturated heterocycles. The quantitative estimate of drug-likeness (QED) is 0.449. The Morgan fingerprint density at radius 1 is 1.00 bits per heavy atom. The van der Waals surface area contributed by atoms with E-state index in [0.29, 0.717) is 19.7 Å². The maximum Gasteiger partial charge on any atom is 0.416 e. The standard InChI is InChI=1S/C23H35F3N2O5/c1-27(22(31)33-21-8-4-18(5-9-21)23(24,25)26)19-6-10-20(11-7-19)32-17-3-2-12-28(13-15-29)14-16-30/h4-5,8-9,19-20,29-30H,2-3,6-7,10-17H2,1H3/t19-,20-. The van der Waals surface area contributed by atoms with Crippen molar-refractivity contribution in [2.24, 2.45) is 0 Å². The number of unbranched alkanes of at least 4 members (excludes halogenated alkanes) is 1. The molecule has 0 spiro atoms. The topological polar surface area (TPSA) is 82.5 Å². The molecule has 1 aliphatic rings. The van der Waals surface area contributed by atoms with Crippen LogP contribution in [0, 0.1) is 0 Å². The predicted octanol–water partition coefficient (Wildman–Crippen LogP) is 3.53. The minimum atomic E-state index is -4.43. The van der Waals surface area contributed by atoms with E-state index in [1.54, 1.807) is 7.05 Å². The van der Waals surface area contributed by atoms with E-state index < -0.39 is 17.8 Å². The molecule has 2 rings (SSSR count). The lowest BCUT2D eigenvalue weighted by molar-refractivity contribution is -0.137. The zero-order valence-electron chi connectivity index (χ0n) is 19.1. The van der Waals surface area contributed by atoms with Crippen molar-refractivity contribution in [2.45, 2.75) is 56.8 Å². The van der Waals surface area contributed by atoms with E-state index in [0.717, 1.165) is 69.3 Å². The van der Waals surface area contributed by atoms with E-state index >= 15 is 0 Å². The highest BCUT2D eigenvalue weighted by atomic mass is 19.4.